The molecule has 3 N–H and O–H groups in total. The zero-order valence-corrected chi connectivity index (χ0v) is 29.8. The lowest BCUT2D eigenvalue weighted by Crippen LogP contribution is -2.55. The summed E-state index contributed by atoms with van der Waals surface area (Å²) in [5.41, 5.74) is 7.04. The molecule has 2 atom stereocenters. The Labute approximate surface area is 258 Å². The highest BCUT2D eigenvalue weighted by atomic mass is 35.5. The lowest BCUT2D eigenvalue weighted by molar-refractivity contribution is -0.124. The predicted octanol–water partition coefficient (Wildman–Crippen LogP) is 7.56. The van der Waals surface area contributed by atoms with Crippen LogP contribution in [-0.2, 0) is 9.22 Å². The van der Waals surface area contributed by atoms with Crippen LogP contribution in [0.2, 0.25) is 41.3 Å². The van der Waals surface area contributed by atoms with E-state index in [1.54, 1.807) is 43.3 Å². The number of halogens is 1. The van der Waals surface area contributed by atoms with Crippen molar-refractivity contribution in [3.63, 3.8) is 0 Å². The van der Waals surface area contributed by atoms with E-state index in [1.807, 2.05) is 6.92 Å². The number of carbonyl (C=O) groups excluding carboxylic acids is 2. The molecule has 8 nitrogen and oxygen atoms in total. The van der Waals surface area contributed by atoms with Gasteiger partial charge in [-0.25, -0.2) is 0 Å². The number of hydrogen-bond acceptors (Lipinski definition) is 6. The Balaban J connectivity index is 2.24. The summed E-state index contributed by atoms with van der Waals surface area (Å²) in [5, 5.41) is 12.9. The first-order valence-corrected chi connectivity index (χ1v) is 20.3. The lowest BCUT2D eigenvalue weighted by Gasteiger charge is -2.40. The highest BCUT2D eigenvalue weighted by Crippen LogP contribution is 2.39. The van der Waals surface area contributed by atoms with E-state index < -0.39 is 40.6 Å². The molecule has 11 heteroatoms. The second-order valence-corrected chi connectivity index (χ2v) is 23.6. The number of amides is 2. The fourth-order valence-electron chi connectivity index (χ4n) is 3.59. The molecular formula is C31H47ClN4O4Si2. The SMILES string of the molecule is Cc1c(N[C@@H](C(=O)NNC(=O)c2ccc(O[Si](C)(C)C(C)(C)C)cc2)[C@H](C)O[Si](C)(C)C(C)(C)C)ccc(C#N)c1Cl. The van der Waals surface area contributed by atoms with Crippen molar-refractivity contribution in [1.82, 2.24) is 10.9 Å². The molecule has 0 heterocycles. The van der Waals surface area contributed by atoms with Gasteiger partial charge in [-0.15, -0.1) is 0 Å². The molecule has 0 aliphatic rings. The van der Waals surface area contributed by atoms with Gasteiger partial charge in [0.1, 0.15) is 17.9 Å². The smallest absolute Gasteiger partial charge is 0.269 e. The number of nitrogens with zero attached hydrogens (tertiary/aromatic N) is 1. The van der Waals surface area contributed by atoms with Gasteiger partial charge in [-0.1, -0.05) is 53.1 Å². The topological polar surface area (TPSA) is 112 Å². The van der Waals surface area contributed by atoms with Gasteiger partial charge in [-0.05, 0) is 92.1 Å². The van der Waals surface area contributed by atoms with Crippen LogP contribution in [0.1, 0.15) is 70.0 Å². The van der Waals surface area contributed by atoms with E-state index in [-0.39, 0.29) is 10.1 Å². The number of nitriles is 1. The third-order valence-corrected chi connectivity index (χ3v) is 17.9. The number of hydrogen-bond donors (Lipinski definition) is 3. The van der Waals surface area contributed by atoms with Crippen LogP contribution in [0.5, 0.6) is 5.75 Å². The molecule has 0 saturated carbocycles. The van der Waals surface area contributed by atoms with Crippen molar-refractivity contribution in [2.75, 3.05) is 5.32 Å². The third-order valence-electron chi connectivity index (χ3n) is 8.45. The standard InChI is InChI=1S/C31H47ClN4O4Si2/c1-20-25(18-15-23(19-33)26(20)32)34-27(21(2)39-41(9,10)30(3,4)5)29(38)36-35-28(37)22-13-16-24(17-14-22)40-42(11,12)31(6,7)8/h13-18,21,27,34H,1-12H3,(H,35,37)(H,36,38)/t21-,27+/m0/s1. The van der Waals surface area contributed by atoms with Gasteiger partial charge >= 0.3 is 0 Å². The largest absolute Gasteiger partial charge is 0.544 e. The van der Waals surface area contributed by atoms with Crippen LogP contribution < -0.4 is 20.6 Å². The van der Waals surface area contributed by atoms with Crippen LogP contribution >= 0.6 is 11.6 Å². The normalized spacial score (nSPS) is 13.9. The molecule has 2 aromatic rings. The molecule has 0 aliphatic carbocycles. The molecule has 0 fully saturated rings. The number of carbonyl (C=O) groups is 2. The van der Waals surface area contributed by atoms with Gasteiger partial charge in [-0.2, -0.15) is 5.26 Å². The van der Waals surface area contributed by atoms with Crippen molar-refractivity contribution in [2.45, 2.75) is 104 Å². The van der Waals surface area contributed by atoms with Crippen LogP contribution in [0.3, 0.4) is 0 Å². The van der Waals surface area contributed by atoms with Crippen LogP contribution in [-0.4, -0.2) is 40.6 Å². The number of hydrazine groups is 1. The molecule has 2 aromatic carbocycles. The van der Waals surface area contributed by atoms with E-state index in [2.05, 4.69) is 90.0 Å². The molecular weight excluding hydrogens is 584 g/mol. The summed E-state index contributed by atoms with van der Waals surface area (Å²) in [6.07, 6.45) is -0.552. The highest BCUT2D eigenvalue weighted by molar-refractivity contribution is 6.75. The molecule has 2 amide bonds. The first-order chi connectivity index (χ1) is 19.1. The molecule has 42 heavy (non-hydrogen) atoms. The van der Waals surface area contributed by atoms with Crippen molar-refractivity contribution < 1.29 is 18.4 Å². The molecule has 230 valence electrons. The Kier molecular flexibility index (Phi) is 11.1. The fourth-order valence-corrected chi connectivity index (χ4v) is 6.25. The highest BCUT2D eigenvalue weighted by Gasteiger charge is 2.41. The molecule has 0 unspecified atom stereocenters. The summed E-state index contributed by atoms with van der Waals surface area (Å²) in [4.78, 5) is 26.5. The summed E-state index contributed by atoms with van der Waals surface area (Å²) < 4.78 is 12.8. The number of rotatable bonds is 9. The van der Waals surface area contributed by atoms with Gasteiger partial charge in [0, 0.05) is 11.3 Å². The summed E-state index contributed by atoms with van der Waals surface area (Å²) in [5.74, 6) is -0.233. The van der Waals surface area contributed by atoms with Gasteiger partial charge in [0.25, 0.3) is 11.8 Å². The minimum atomic E-state index is -2.25. The van der Waals surface area contributed by atoms with Gasteiger partial charge in [-0.3, -0.25) is 20.4 Å². The number of anilines is 1. The van der Waals surface area contributed by atoms with Crippen LogP contribution in [0.15, 0.2) is 36.4 Å². The number of nitrogens with one attached hydrogen (secondary N) is 3. The maximum Gasteiger partial charge on any atom is 0.269 e. The van der Waals surface area contributed by atoms with Crippen molar-refractivity contribution in [1.29, 1.82) is 5.26 Å². The Hall–Kier alpha value is -2.85. The monoisotopic (exact) mass is 630 g/mol. The average molecular weight is 631 g/mol. The molecule has 0 bridgehead atoms. The van der Waals surface area contributed by atoms with E-state index in [4.69, 9.17) is 20.5 Å². The van der Waals surface area contributed by atoms with Gasteiger partial charge in [0.2, 0.25) is 8.32 Å². The number of benzene rings is 2. The van der Waals surface area contributed by atoms with Crippen molar-refractivity contribution in [3.8, 4) is 11.8 Å². The first-order valence-electron chi connectivity index (χ1n) is 14.1. The van der Waals surface area contributed by atoms with E-state index >= 15 is 0 Å². The maximum atomic E-state index is 13.5. The Morgan fingerprint density at radius 1 is 0.905 bits per heavy atom. The first kappa shape index (κ1) is 35.4. The predicted molar refractivity (Wildman–Crippen MR) is 176 cm³/mol. The quantitative estimate of drug-likeness (QED) is 0.195. The van der Waals surface area contributed by atoms with Gasteiger partial charge < -0.3 is 14.2 Å². The summed E-state index contributed by atoms with van der Waals surface area (Å²) >= 11 is 6.40. The summed E-state index contributed by atoms with van der Waals surface area (Å²) in [6.45, 7) is 25.1. The van der Waals surface area contributed by atoms with Crippen LogP contribution in [0.4, 0.5) is 5.69 Å². The van der Waals surface area contributed by atoms with E-state index in [0.29, 0.717) is 33.1 Å². The van der Waals surface area contributed by atoms with E-state index in [1.165, 1.54) is 0 Å². The summed E-state index contributed by atoms with van der Waals surface area (Å²) in [6, 6.07) is 11.4. The zero-order valence-electron chi connectivity index (χ0n) is 27.1. The fraction of sp³-hybridized carbons (Fsp3) is 0.516. The molecule has 0 aliphatic heterocycles. The molecule has 2 rings (SSSR count). The maximum absolute atomic E-state index is 13.5. The summed E-state index contributed by atoms with van der Waals surface area (Å²) in [7, 11) is -4.27. The third kappa shape index (κ3) is 8.60. The average Bonchev–Trinajstić information content (AvgIpc) is 2.86. The van der Waals surface area contributed by atoms with Gasteiger partial charge in [0.15, 0.2) is 8.32 Å². The Bertz CT molecular complexity index is 1330. The second kappa shape index (κ2) is 13.2. The van der Waals surface area contributed by atoms with Crippen LogP contribution in [0, 0.1) is 18.3 Å². The zero-order chi connectivity index (χ0) is 32.3. The van der Waals surface area contributed by atoms with E-state index in [9.17, 15) is 14.9 Å². The minimum absolute atomic E-state index is 0.0466. The Morgan fingerprint density at radius 2 is 1.45 bits per heavy atom. The minimum Gasteiger partial charge on any atom is -0.544 e. The molecule has 0 saturated heterocycles. The van der Waals surface area contributed by atoms with Gasteiger partial charge in [0.05, 0.1) is 16.7 Å². The van der Waals surface area contributed by atoms with Crippen LogP contribution in [0.25, 0.3) is 0 Å². The molecule has 0 aromatic heterocycles. The second-order valence-electron chi connectivity index (χ2n) is 13.7. The molecule has 0 spiro atoms. The van der Waals surface area contributed by atoms with Crippen molar-refractivity contribution in [2.24, 2.45) is 0 Å². The van der Waals surface area contributed by atoms with E-state index in [0.717, 1.165) is 0 Å². The molecule has 0 radical (unpaired) electrons. The van der Waals surface area contributed by atoms with Crippen molar-refractivity contribution in [3.05, 3.63) is 58.1 Å². The Morgan fingerprint density at radius 3 is 1.95 bits per heavy atom. The lowest BCUT2D eigenvalue weighted by atomic mass is 10.1. The van der Waals surface area contributed by atoms with Crippen molar-refractivity contribution >= 4 is 45.7 Å².